The number of rotatable bonds is 5. The molecule has 0 spiro atoms. The number of halogens is 1. The van der Waals surface area contributed by atoms with Crippen LogP contribution in [0.2, 0.25) is 0 Å². The van der Waals surface area contributed by atoms with Crippen molar-refractivity contribution in [2.75, 3.05) is 5.32 Å². The van der Waals surface area contributed by atoms with Gasteiger partial charge < -0.3 is 5.32 Å². The Bertz CT molecular complexity index is 408. The molecule has 1 rings (SSSR count). The van der Waals surface area contributed by atoms with E-state index < -0.39 is 0 Å². The topological polar surface area (TPSA) is 29.1 Å². The maximum Gasteiger partial charge on any atom is 0.224 e. The molecule has 1 aromatic rings. The maximum absolute atomic E-state index is 11.6. The lowest BCUT2D eigenvalue weighted by Gasteiger charge is -2.06. The minimum Gasteiger partial charge on any atom is -0.325 e. The number of hydrogen-bond donors (Lipinski definition) is 1. The van der Waals surface area contributed by atoms with E-state index in [0.29, 0.717) is 6.42 Å². The zero-order valence-corrected chi connectivity index (χ0v) is 11.2. The molecule has 16 heavy (non-hydrogen) atoms. The van der Waals surface area contributed by atoms with Crippen LogP contribution < -0.4 is 5.32 Å². The van der Waals surface area contributed by atoms with Crippen LogP contribution in [0, 0.1) is 3.57 Å². The molecule has 0 atom stereocenters. The summed E-state index contributed by atoms with van der Waals surface area (Å²) in [4.78, 5) is 11.6. The molecule has 1 amide bonds. The Morgan fingerprint density at radius 1 is 1.50 bits per heavy atom. The molecule has 0 heterocycles. The molecule has 0 unspecified atom stereocenters. The predicted octanol–water partition coefficient (Wildman–Crippen LogP) is 3.74. The molecule has 2 nitrogen and oxygen atoms in total. The molecule has 1 aromatic carbocycles. The van der Waals surface area contributed by atoms with Crippen LogP contribution in [0.15, 0.2) is 42.7 Å². The molecular weight excluding hydrogens is 313 g/mol. The van der Waals surface area contributed by atoms with Gasteiger partial charge in [0, 0.05) is 9.99 Å². The van der Waals surface area contributed by atoms with Gasteiger partial charge in [-0.05, 0) is 53.6 Å². The lowest BCUT2D eigenvalue weighted by Crippen LogP contribution is -2.11. The summed E-state index contributed by atoms with van der Waals surface area (Å²) in [5, 5.41) is 2.89. The zero-order chi connectivity index (χ0) is 11.8. The first kappa shape index (κ1) is 13.0. The quantitative estimate of drug-likeness (QED) is 0.498. The van der Waals surface area contributed by atoms with E-state index in [2.05, 4.69) is 40.2 Å². The van der Waals surface area contributed by atoms with Gasteiger partial charge in [0.15, 0.2) is 0 Å². The van der Waals surface area contributed by atoms with Crippen LogP contribution in [0.5, 0.6) is 0 Å². The fourth-order valence-electron chi connectivity index (χ4n) is 1.24. The van der Waals surface area contributed by atoms with Crippen LogP contribution >= 0.6 is 22.6 Å². The van der Waals surface area contributed by atoms with E-state index >= 15 is 0 Å². The van der Waals surface area contributed by atoms with Crippen molar-refractivity contribution in [3.8, 4) is 0 Å². The summed E-state index contributed by atoms with van der Waals surface area (Å²) in [6.07, 6.45) is 4.06. The molecule has 0 bridgehead atoms. The summed E-state index contributed by atoms with van der Waals surface area (Å²) < 4.78 is 1.06. The maximum atomic E-state index is 11.6. The molecule has 0 saturated heterocycles. The van der Waals surface area contributed by atoms with Gasteiger partial charge in [-0.15, -0.1) is 5.73 Å². The fraction of sp³-hybridized carbons (Fsp3) is 0.231. The Hall–Kier alpha value is -1.06. The van der Waals surface area contributed by atoms with E-state index in [1.54, 1.807) is 0 Å². The number of amides is 1. The minimum atomic E-state index is 0.0570. The number of carbonyl (C=O) groups excluding carboxylic acids is 1. The Labute approximate surface area is 110 Å². The van der Waals surface area contributed by atoms with E-state index in [-0.39, 0.29) is 5.91 Å². The van der Waals surface area contributed by atoms with Gasteiger partial charge in [-0.3, -0.25) is 4.79 Å². The molecule has 0 aliphatic heterocycles. The highest BCUT2D eigenvalue weighted by atomic mass is 127. The van der Waals surface area contributed by atoms with Crippen LogP contribution in [0.4, 0.5) is 5.69 Å². The van der Waals surface area contributed by atoms with E-state index in [4.69, 9.17) is 0 Å². The van der Waals surface area contributed by atoms with Gasteiger partial charge in [-0.25, -0.2) is 0 Å². The van der Waals surface area contributed by atoms with Crippen molar-refractivity contribution in [1.29, 1.82) is 0 Å². The SMILES string of the molecule is C=C=CCCCC(=O)Nc1ccccc1I. The van der Waals surface area contributed by atoms with Crippen molar-refractivity contribution in [2.24, 2.45) is 0 Å². The summed E-state index contributed by atoms with van der Waals surface area (Å²) >= 11 is 2.21. The highest BCUT2D eigenvalue weighted by Crippen LogP contribution is 2.17. The van der Waals surface area contributed by atoms with Gasteiger partial charge in [0.1, 0.15) is 0 Å². The lowest BCUT2D eigenvalue weighted by molar-refractivity contribution is -0.116. The van der Waals surface area contributed by atoms with Crippen LogP contribution in [-0.4, -0.2) is 5.91 Å². The third kappa shape index (κ3) is 4.64. The normalized spacial score (nSPS) is 9.31. The molecule has 0 aliphatic carbocycles. The van der Waals surface area contributed by atoms with Crippen molar-refractivity contribution in [2.45, 2.75) is 19.3 Å². The predicted molar refractivity (Wildman–Crippen MR) is 75.3 cm³/mol. The van der Waals surface area contributed by atoms with Crippen molar-refractivity contribution in [3.05, 3.63) is 46.2 Å². The highest BCUT2D eigenvalue weighted by molar-refractivity contribution is 14.1. The van der Waals surface area contributed by atoms with Crippen LogP contribution in [0.25, 0.3) is 0 Å². The van der Waals surface area contributed by atoms with Crippen molar-refractivity contribution < 1.29 is 4.79 Å². The Balaban J connectivity index is 2.40. The number of nitrogens with one attached hydrogen (secondary N) is 1. The van der Waals surface area contributed by atoms with Gasteiger partial charge in [0.2, 0.25) is 5.91 Å². The highest BCUT2D eigenvalue weighted by Gasteiger charge is 2.03. The van der Waals surface area contributed by atoms with Gasteiger partial charge in [0.05, 0.1) is 5.69 Å². The van der Waals surface area contributed by atoms with Gasteiger partial charge in [-0.2, -0.15) is 0 Å². The molecule has 84 valence electrons. The lowest BCUT2D eigenvalue weighted by atomic mass is 10.2. The smallest absolute Gasteiger partial charge is 0.224 e. The van der Waals surface area contributed by atoms with E-state index in [9.17, 15) is 4.79 Å². The van der Waals surface area contributed by atoms with E-state index in [0.717, 1.165) is 22.1 Å². The summed E-state index contributed by atoms with van der Waals surface area (Å²) in [5.74, 6) is 0.0570. The van der Waals surface area contributed by atoms with Crippen molar-refractivity contribution in [3.63, 3.8) is 0 Å². The van der Waals surface area contributed by atoms with Crippen LogP contribution in [0.3, 0.4) is 0 Å². The first-order chi connectivity index (χ1) is 7.74. The summed E-state index contributed by atoms with van der Waals surface area (Å²) in [6.45, 7) is 3.47. The number of carbonyl (C=O) groups is 1. The largest absolute Gasteiger partial charge is 0.325 e. The van der Waals surface area contributed by atoms with Crippen molar-refractivity contribution >= 4 is 34.2 Å². The average Bonchev–Trinajstić information content (AvgIpc) is 2.28. The second kappa shape index (κ2) is 7.25. The molecule has 0 aromatic heterocycles. The van der Waals surface area contributed by atoms with E-state index in [1.807, 2.05) is 30.3 Å². The summed E-state index contributed by atoms with van der Waals surface area (Å²) in [7, 11) is 0. The Morgan fingerprint density at radius 2 is 2.25 bits per heavy atom. The molecule has 0 saturated carbocycles. The summed E-state index contributed by atoms with van der Waals surface area (Å²) in [5.41, 5.74) is 3.57. The van der Waals surface area contributed by atoms with Gasteiger partial charge in [-0.1, -0.05) is 18.7 Å². The monoisotopic (exact) mass is 327 g/mol. The van der Waals surface area contributed by atoms with Gasteiger partial charge >= 0.3 is 0 Å². The first-order valence-corrected chi connectivity index (χ1v) is 6.20. The Morgan fingerprint density at radius 3 is 2.94 bits per heavy atom. The standard InChI is InChI=1S/C13H14INO/c1-2-3-4-5-10-13(16)15-12-9-7-6-8-11(12)14/h3,6-9H,1,4-5,10H2,(H,15,16). The first-order valence-electron chi connectivity index (χ1n) is 5.12. The number of para-hydroxylation sites is 1. The number of hydrogen-bond acceptors (Lipinski definition) is 1. The number of unbranched alkanes of at least 4 members (excludes halogenated alkanes) is 1. The number of anilines is 1. The van der Waals surface area contributed by atoms with Crippen LogP contribution in [0.1, 0.15) is 19.3 Å². The zero-order valence-electron chi connectivity index (χ0n) is 9.00. The summed E-state index contributed by atoms with van der Waals surface area (Å²) in [6, 6.07) is 7.74. The Kier molecular flexibility index (Phi) is 5.90. The van der Waals surface area contributed by atoms with Crippen LogP contribution in [-0.2, 0) is 4.79 Å². The molecule has 1 N–H and O–H groups in total. The molecule has 0 fully saturated rings. The average molecular weight is 327 g/mol. The molecule has 3 heteroatoms. The third-order valence-corrected chi connectivity index (χ3v) is 2.99. The second-order valence-electron chi connectivity index (χ2n) is 3.33. The molecular formula is C13H14INO. The van der Waals surface area contributed by atoms with Gasteiger partial charge in [0.25, 0.3) is 0 Å². The fourth-order valence-corrected chi connectivity index (χ4v) is 1.76. The van der Waals surface area contributed by atoms with E-state index in [1.165, 1.54) is 0 Å². The molecule has 0 radical (unpaired) electrons. The molecule has 0 aliphatic rings. The third-order valence-electron chi connectivity index (χ3n) is 2.04. The number of benzene rings is 1. The van der Waals surface area contributed by atoms with Crippen molar-refractivity contribution in [1.82, 2.24) is 0 Å². The number of allylic oxidation sites excluding steroid dienone is 1. The second-order valence-corrected chi connectivity index (χ2v) is 4.49. The minimum absolute atomic E-state index is 0.0570.